The molecule has 1 unspecified atom stereocenters. The van der Waals surface area contributed by atoms with E-state index in [1.54, 1.807) is 23.1 Å². The van der Waals surface area contributed by atoms with E-state index < -0.39 is 11.9 Å². The van der Waals surface area contributed by atoms with Crippen LogP contribution in [-0.4, -0.2) is 59.3 Å². The minimum atomic E-state index is -0.619. The zero-order chi connectivity index (χ0) is 27.3. The Morgan fingerprint density at radius 2 is 1.82 bits per heavy atom. The third-order valence-electron chi connectivity index (χ3n) is 8.51. The summed E-state index contributed by atoms with van der Waals surface area (Å²) < 4.78 is 19.8. The Morgan fingerprint density at radius 3 is 2.56 bits per heavy atom. The Hall–Kier alpha value is -3.52. The Labute approximate surface area is 228 Å². The normalized spacial score (nSPS) is 23.5. The summed E-state index contributed by atoms with van der Waals surface area (Å²) in [6.45, 7) is 7.47. The fourth-order valence-corrected chi connectivity index (χ4v) is 6.28. The van der Waals surface area contributed by atoms with E-state index in [0.29, 0.717) is 18.5 Å². The second-order valence-corrected chi connectivity index (χ2v) is 12.1. The van der Waals surface area contributed by atoms with Gasteiger partial charge in [-0.15, -0.1) is 0 Å². The molecule has 2 saturated heterocycles. The van der Waals surface area contributed by atoms with Gasteiger partial charge in [-0.3, -0.25) is 24.6 Å². The van der Waals surface area contributed by atoms with Gasteiger partial charge in [-0.05, 0) is 78.1 Å². The number of nitrogens with zero attached hydrogens (tertiary/aromatic N) is 2. The van der Waals surface area contributed by atoms with Gasteiger partial charge >= 0.3 is 0 Å². The summed E-state index contributed by atoms with van der Waals surface area (Å²) in [4.78, 5) is 40.7. The van der Waals surface area contributed by atoms with Crippen molar-refractivity contribution in [2.75, 3.05) is 19.6 Å². The summed E-state index contributed by atoms with van der Waals surface area (Å²) in [6.07, 6.45) is 3.84. The second kappa shape index (κ2) is 9.90. The first-order chi connectivity index (χ1) is 18.6. The first kappa shape index (κ1) is 25.7. The van der Waals surface area contributed by atoms with Crippen LogP contribution in [0, 0.1) is 11.2 Å². The number of allylic oxidation sites excluding steroid dienone is 1. The molecule has 1 N–H and O–H groups in total. The van der Waals surface area contributed by atoms with E-state index in [4.69, 9.17) is 4.74 Å². The molecule has 2 fully saturated rings. The fourth-order valence-electron chi connectivity index (χ4n) is 6.28. The average molecular weight is 532 g/mol. The number of imide groups is 1. The van der Waals surface area contributed by atoms with Gasteiger partial charge in [0.1, 0.15) is 23.7 Å². The van der Waals surface area contributed by atoms with Crippen LogP contribution in [0.15, 0.2) is 48.0 Å². The lowest BCUT2D eigenvalue weighted by molar-refractivity contribution is -0.136. The molecule has 204 valence electrons. The smallest absolute Gasteiger partial charge is 0.255 e. The molecule has 2 aromatic rings. The van der Waals surface area contributed by atoms with Gasteiger partial charge in [-0.2, -0.15) is 0 Å². The number of carbonyl (C=O) groups is 3. The van der Waals surface area contributed by atoms with E-state index in [9.17, 15) is 18.8 Å². The number of benzene rings is 2. The van der Waals surface area contributed by atoms with Crippen molar-refractivity contribution in [3.63, 3.8) is 0 Å². The number of piperidine rings is 1. The zero-order valence-electron chi connectivity index (χ0n) is 22.5. The summed E-state index contributed by atoms with van der Waals surface area (Å²) in [6, 6.07) is 11.8. The molecule has 3 aliphatic heterocycles. The maximum Gasteiger partial charge on any atom is 0.255 e. The van der Waals surface area contributed by atoms with Gasteiger partial charge in [0.05, 0.1) is 0 Å². The molecule has 2 aromatic carbocycles. The van der Waals surface area contributed by atoms with Gasteiger partial charge in [-0.1, -0.05) is 31.6 Å². The predicted molar refractivity (Wildman–Crippen MR) is 144 cm³/mol. The minimum absolute atomic E-state index is 0.0706. The Kier molecular flexibility index (Phi) is 6.53. The lowest BCUT2D eigenvalue weighted by Crippen LogP contribution is -2.54. The highest BCUT2D eigenvalue weighted by molar-refractivity contribution is 6.05. The highest BCUT2D eigenvalue weighted by Gasteiger charge is 2.39. The third kappa shape index (κ3) is 5.22. The van der Waals surface area contributed by atoms with Crippen LogP contribution < -0.4 is 10.1 Å². The highest BCUT2D eigenvalue weighted by Crippen LogP contribution is 2.43. The van der Waals surface area contributed by atoms with Crippen molar-refractivity contribution in [2.24, 2.45) is 5.41 Å². The van der Waals surface area contributed by atoms with Crippen LogP contribution >= 0.6 is 0 Å². The minimum Gasteiger partial charge on any atom is -0.488 e. The first-order valence-electron chi connectivity index (χ1n) is 13.8. The molecule has 0 aromatic heterocycles. The first-order valence-corrected chi connectivity index (χ1v) is 13.8. The van der Waals surface area contributed by atoms with E-state index in [1.165, 1.54) is 11.1 Å². The number of amides is 3. The van der Waals surface area contributed by atoms with Crippen molar-refractivity contribution in [1.29, 1.82) is 0 Å². The van der Waals surface area contributed by atoms with Gasteiger partial charge in [0.15, 0.2) is 0 Å². The summed E-state index contributed by atoms with van der Waals surface area (Å²) >= 11 is 0. The van der Waals surface area contributed by atoms with Crippen molar-refractivity contribution in [1.82, 2.24) is 15.1 Å². The molecule has 3 heterocycles. The summed E-state index contributed by atoms with van der Waals surface area (Å²) in [5.74, 6) is -0.361. The molecule has 4 aliphatic rings. The van der Waals surface area contributed by atoms with Crippen molar-refractivity contribution < 1.29 is 23.5 Å². The van der Waals surface area contributed by atoms with Crippen LogP contribution in [0.3, 0.4) is 0 Å². The number of hydrogen-bond donors (Lipinski definition) is 1. The average Bonchev–Trinajstić information content (AvgIpc) is 3.19. The van der Waals surface area contributed by atoms with E-state index >= 15 is 0 Å². The molecule has 0 spiro atoms. The van der Waals surface area contributed by atoms with Gasteiger partial charge in [0.25, 0.3) is 5.91 Å². The Morgan fingerprint density at radius 1 is 1.05 bits per heavy atom. The summed E-state index contributed by atoms with van der Waals surface area (Å²) in [5.41, 5.74) is 5.56. The predicted octanol–water partition coefficient (Wildman–Crippen LogP) is 4.31. The Bertz CT molecular complexity index is 1360. The number of fused-ring (bicyclic) bond motifs is 1. The second-order valence-electron chi connectivity index (χ2n) is 12.1. The van der Waals surface area contributed by atoms with Crippen LogP contribution in [0.4, 0.5) is 4.39 Å². The highest BCUT2D eigenvalue weighted by atomic mass is 19.1. The van der Waals surface area contributed by atoms with E-state index in [0.717, 1.165) is 55.8 Å². The number of rotatable bonds is 6. The Balaban J connectivity index is 1.08. The summed E-state index contributed by atoms with van der Waals surface area (Å²) in [7, 11) is 0. The molecule has 0 saturated carbocycles. The fraction of sp³-hybridized carbons (Fsp3) is 0.452. The van der Waals surface area contributed by atoms with Crippen LogP contribution in [0.25, 0.3) is 5.57 Å². The molecule has 7 nitrogen and oxygen atoms in total. The molecule has 0 radical (unpaired) electrons. The largest absolute Gasteiger partial charge is 0.488 e. The molecule has 6 rings (SSSR count). The van der Waals surface area contributed by atoms with Gasteiger partial charge in [-0.25, -0.2) is 4.39 Å². The molecule has 8 heteroatoms. The monoisotopic (exact) mass is 531 g/mol. The third-order valence-corrected chi connectivity index (χ3v) is 8.51. The number of carbonyl (C=O) groups excluding carboxylic acids is 3. The van der Waals surface area contributed by atoms with Crippen LogP contribution in [-0.2, 0) is 16.1 Å². The van der Waals surface area contributed by atoms with Crippen LogP contribution in [0.5, 0.6) is 5.75 Å². The SMILES string of the molecule is CC1(C)CCC(CN2CC(Oc3ccc4c(c3)CN(C3CCC(=O)NC3=O)C4=O)C2)=C(c2ccc(F)cc2)C1. The number of halogens is 1. The number of likely N-dealkylation sites (tertiary alicyclic amines) is 1. The van der Waals surface area contributed by atoms with Gasteiger partial charge < -0.3 is 9.64 Å². The lowest BCUT2D eigenvalue weighted by Gasteiger charge is -2.42. The van der Waals surface area contributed by atoms with Crippen molar-refractivity contribution >= 4 is 23.3 Å². The maximum atomic E-state index is 13.5. The molecule has 1 atom stereocenters. The molecule has 1 aliphatic carbocycles. The number of ether oxygens (including phenoxy) is 1. The van der Waals surface area contributed by atoms with E-state index in [1.807, 2.05) is 24.3 Å². The lowest BCUT2D eigenvalue weighted by atomic mass is 9.72. The van der Waals surface area contributed by atoms with Crippen molar-refractivity contribution in [2.45, 2.75) is 64.6 Å². The topological polar surface area (TPSA) is 79.0 Å². The summed E-state index contributed by atoms with van der Waals surface area (Å²) in [5, 5.41) is 2.34. The quantitative estimate of drug-likeness (QED) is 0.562. The van der Waals surface area contributed by atoms with Crippen LogP contribution in [0.1, 0.15) is 67.4 Å². The molecular weight excluding hydrogens is 497 g/mol. The zero-order valence-corrected chi connectivity index (χ0v) is 22.5. The van der Waals surface area contributed by atoms with Crippen LogP contribution in [0.2, 0.25) is 0 Å². The number of nitrogens with one attached hydrogen (secondary N) is 1. The van der Waals surface area contributed by atoms with E-state index in [2.05, 4.69) is 24.1 Å². The maximum absolute atomic E-state index is 13.5. The van der Waals surface area contributed by atoms with Gasteiger partial charge in [0.2, 0.25) is 11.8 Å². The molecule has 39 heavy (non-hydrogen) atoms. The molecule has 3 amide bonds. The molecule has 0 bridgehead atoms. The standard InChI is InChI=1S/C31H34FN3O4/c1-31(2)12-11-20(26(14-31)19-3-5-22(32)6-4-19)15-34-17-24(18-34)39-23-7-8-25-21(13-23)16-35(30(25)38)27-9-10-28(36)33-29(27)37/h3-8,13,24,27H,9-12,14-18H2,1-2H3,(H,33,36,37). The van der Waals surface area contributed by atoms with Gasteiger partial charge in [0, 0.05) is 38.2 Å². The number of hydrogen-bond acceptors (Lipinski definition) is 5. The van der Waals surface area contributed by atoms with Crippen molar-refractivity contribution in [3.05, 3.63) is 70.5 Å². The molecular formula is C31H34FN3O4. The van der Waals surface area contributed by atoms with E-state index in [-0.39, 0.29) is 35.6 Å². The van der Waals surface area contributed by atoms with Crippen molar-refractivity contribution in [3.8, 4) is 5.75 Å².